The highest BCUT2D eigenvalue weighted by molar-refractivity contribution is 5.86. The van der Waals surface area contributed by atoms with Crippen LogP contribution in [0.4, 0.5) is 4.39 Å². The lowest BCUT2D eigenvalue weighted by Gasteiger charge is -2.37. The minimum absolute atomic E-state index is 0.0534. The zero-order chi connectivity index (χ0) is 19.2. The summed E-state index contributed by atoms with van der Waals surface area (Å²) >= 11 is 0. The maximum absolute atomic E-state index is 13.9. The lowest BCUT2D eigenvalue weighted by molar-refractivity contribution is -0.106. The van der Waals surface area contributed by atoms with Crippen molar-refractivity contribution in [2.45, 2.75) is 79.1 Å². The van der Waals surface area contributed by atoms with Gasteiger partial charge in [0, 0.05) is 5.56 Å². The van der Waals surface area contributed by atoms with Crippen molar-refractivity contribution < 1.29 is 13.9 Å². The molecule has 0 bridgehead atoms. The molecule has 0 N–H and O–H groups in total. The summed E-state index contributed by atoms with van der Waals surface area (Å²) in [6.07, 6.45) is 3.40. The lowest BCUT2D eigenvalue weighted by atomic mass is 9.68. The van der Waals surface area contributed by atoms with Crippen LogP contribution < -0.4 is 4.74 Å². The molecule has 1 aliphatic rings. The number of hydrogen-bond donors (Lipinski definition) is 0. The molecule has 3 heteroatoms. The Morgan fingerprint density at radius 3 is 2.56 bits per heavy atom. The van der Waals surface area contributed by atoms with E-state index in [2.05, 4.69) is 26.8 Å². The van der Waals surface area contributed by atoms with Crippen LogP contribution in [-0.2, 0) is 10.2 Å². The van der Waals surface area contributed by atoms with E-state index in [1.54, 1.807) is 6.92 Å². The van der Waals surface area contributed by atoms with Gasteiger partial charge >= 0.3 is 0 Å². The van der Waals surface area contributed by atoms with Gasteiger partial charge in [-0.2, -0.15) is 0 Å². The number of hydrogen-bond acceptors (Lipinski definition) is 2. The Labute approximate surface area is 152 Å². The van der Waals surface area contributed by atoms with E-state index in [1.165, 1.54) is 11.1 Å². The molecule has 2 nitrogen and oxygen atoms in total. The van der Waals surface area contributed by atoms with Crippen LogP contribution in [0.2, 0.25) is 0 Å². The first-order valence-electron chi connectivity index (χ1n) is 9.45. The van der Waals surface area contributed by atoms with Gasteiger partial charge in [-0.25, -0.2) is 4.39 Å². The normalized spacial score (nSPS) is 19.1. The molecule has 0 spiro atoms. The Morgan fingerprint density at radius 1 is 1.36 bits per heavy atom. The van der Waals surface area contributed by atoms with Gasteiger partial charge in [0.1, 0.15) is 5.75 Å². The highest BCUT2D eigenvalue weighted by Crippen LogP contribution is 2.46. The molecule has 1 unspecified atom stereocenters. The van der Waals surface area contributed by atoms with Gasteiger partial charge in [-0.3, -0.25) is 4.79 Å². The van der Waals surface area contributed by atoms with E-state index >= 15 is 0 Å². The SMILES string of the molecule is CC.CCCOc1cc2c(cc1/C(C)=C(/F)C=O)C(C)(C)CCC2C. The predicted octanol–water partition coefficient (Wildman–Crippen LogP) is 6.58. The van der Waals surface area contributed by atoms with E-state index in [-0.39, 0.29) is 11.7 Å². The Bertz CT molecular complexity index is 629. The van der Waals surface area contributed by atoms with E-state index in [0.717, 1.165) is 19.3 Å². The van der Waals surface area contributed by atoms with Crippen LogP contribution in [0.1, 0.15) is 90.3 Å². The lowest BCUT2D eigenvalue weighted by Crippen LogP contribution is -2.26. The molecule has 2 rings (SSSR count). The van der Waals surface area contributed by atoms with Crippen LogP contribution in [0.15, 0.2) is 18.0 Å². The van der Waals surface area contributed by atoms with Gasteiger partial charge in [0.05, 0.1) is 6.61 Å². The van der Waals surface area contributed by atoms with Crippen molar-refractivity contribution in [2.75, 3.05) is 6.61 Å². The van der Waals surface area contributed by atoms with Crippen LogP contribution in [0.5, 0.6) is 5.75 Å². The van der Waals surface area contributed by atoms with Crippen LogP contribution in [0.25, 0.3) is 5.57 Å². The Hall–Kier alpha value is -1.64. The molecule has 0 aromatic heterocycles. The predicted molar refractivity (Wildman–Crippen MR) is 104 cm³/mol. The van der Waals surface area contributed by atoms with Crippen LogP contribution in [0.3, 0.4) is 0 Å². The van der Waals surface area contributed by atoms with Gasteiger partial charge in [0.15, 0.2) is 12.1 Å². The number of aldehydes is 1. The van der Waals surface area contributed by atoms with Gasteiger partial charge < -0.3 is 4.74 Å². The molecule has 0 saturated heterocycles. The minimum Gasteiger partial charge on any atom is -0.493 e. The Kier molecular flexibility index (Phi) is 7.85. The molecule has 1 aromatic carbocycles. The van der Waals surface area contributed by atoms with Crippen molar-refractivity contribution in [2.24, 2.45) is 0 Å². The van der Waals surface area contributed by atoms with Crippen LogP contribution >= 0.6 is 0 Å². The van der Waals surface area contributed by atoms with E-state index < -0.39 is 5.83 Å². The Balaban J connectivity index is 0.00000151. The number of benzene rings is 1. The smallest absolute Gasteiger partial charge is 0.178 e. The van der Waals surface area contributed by atoms with Crippen LogP contribution in [-0.4, -0.2) is 12.9 Å². The largest absolute Gasteiger partial charge is 0.493 e. The molecule has 0 aliphatic heterocycles. The van der Waals surface area contributed by atoms with Crippen molar-refractivity contribution in [3.63, 3.8) is 0 Å². The summed E-state index contributed by atoms with van der Waals surface area (Å²) in [4.78, 5) is 10.8. The number of halogens is 1. The third-order valence-corrected chi connectivity index (χ3v) is 4.94. The highest BCUT2D eigenvalue weighted by Gasteiger charge is 2.32. The molecule has 0 fully saturated rings. The number of rotatable bonds is 5. The molecule has 0 saturated carbocycles. The van der Waals surface area contributed by atoms with Crippen molar-refractivity contribution in [3.8, 4) is 5.75 Å². The van der Waals surface area contributed by atoms with Crippen LogP contribution in [0, 0.1) is 0 Å². The summed E-state index contributed by atoms with van der Waals surface area (Å²) < 4.78 is 19.7. The number of carbonyl (C=O) groups excluding carboxylic acids is 1. The first-order valence-corrected chi connectivity index (χ1v) is 9.45. The maximum Gasteiger partial charge on any atom is 0.178 e. The molecule has 0 heterocycles. The van der Waals surface area contributed by atoms with Gasteiger partial charge in [0.25, 0.3) is 0 Å². The first kappa shape index (κ1) is 21.4. The average molecular weight is 349 g/mol. The minimum atomic E-state index is -0.729. The summed E-state index contributed by atoms with van der Waals surface area (Å²) in [5.74, 6) is 0.425. The van der Waals surface area contributed by atoms with E-state index in [1.807, 2.05) is 26.8 Å². The van der Waals surface area contributed by atoms with Crippen molar-refractivity contribution in [1.29, 1.82) is 0 Å². The second-order valence-electron chi connectivity index (χ2n) is 7.20. The fourth-order valence-electron chi connectivity index (χ4n) is 3.30. The summed E-state index contributed by atoms with van der Waals surface area (Å²) in [6, 6.07) is 4.10. The fourth-order valence-corrected chi connectivity index (χ4v) is 3.30. The summed E-state index contributed by atoms with van der Waals surface area (Å²) in [6.45, 7) is 14.9. The maximum atomic E-state index is 13.9. The van der Waals surface area contributed by atoms with E-state index in [0.29, 0.717) is 29.4 Å². The van der Waals surface area contributed by atoms with E-state index in [4.69, 9.17) is 4.74 Å². The van der Waals surface area contributed by atoms with Crippen molar-refractivity contribution in [3.05, 3.63) is 34.6 Å². The molecule has 140 valence electrons. The third-order valence-electron chi connectivity index (χ3n) is 4.94. The molecule has 0 radical (unpaired) electrons. The zero-order valence-corrected chi connectivity index (χ0v) is 16.8. The number of fused-ring (bicyclic) bond motifs is 1. The monoisotopic (exact) mass is 348 g/mol. The topological polar surface area (TPSA) is 26.3 Å². The average Bonchev–Trinajstić information content (AvgIpc) is 2.63. The molecule has 1 aliphatic carbocycles. The number of allylic oxidation sites excluding steroid dienone is 2. The molecular weight excluding hydrogens is 315 g/mol. The number of ether oxygens (including phenoxy) is 1. The second-order valence-corrected chi connectivity index (χ2v) is 7.20. The second kappa shape index (κ2) is 9.17. The van der Waals surface area contributed by atoms with Gasteiger partial charge in [-0.05, 0) is 66.4 Å². The standard InChI is InChI=1S/C20H27FO2.C2H6/c1-6-9-23-19-11-15-13(2)7-8-20(4,5)17(15)10-16(19)14(3)18(21)12-22;1-2/h10-13H,6-9H2,1-5H3;1-2H3/b18-14+;. The molecule has 1 atom stereocenters. The van der Waals surface area contributed by atoms with Crippen molar-refractivity contribution in [1.82, 2.24) is 0 Å². The first-order chi connectivity index (χ1) is 11.8. The number of carbonyl (C=O) groups is 1. The zero-order valence-electron chi connectivity index (χ0n) is 16.8. The quantitative estimate of drug-likeness (QED) is 0.444. The molecule has 25 heavy (non-hydrogen) atoms. The van der Waals surface area contributed by atoms with Gasteiger partial charge in [-0.15, -0.1) is 0 Å². The van der Waals surface area contributed by atoms with Gasteiger partial charge in [-0.1, -0.05) is 41.5 Å². The summed E-state index contributed by atoms with van der Waals surface area (Å²) in [7, 11) is 0. The molecule has 0 amide bonds. The van der Waals surface area contributed by atoms with E-state index in [9.17, 15) is 9.18 Å². The summed E-state index contributed by atoms with van der Waals surface area (Å²) in [5, 5.41) is 0. The van der Waals surface area contributed by atoms with Gasteiger partial charge in [0.2, 0.25) is 0 Å². The molecule has 1 aromatic rings. The Morgan fingerprint density at radius 2 is 2.00 bits per heavy atom. The summed E-state index contributed by atoms with van der Waals surface area (Å²) in [5.41, 5.74) is 3.63. The fraction of sp³-hybridized carbons (Fsp3) is 0.591. The molecular formula is C22H33FO2. The third kappa shape index (κ3) is 4.71. The van der Waals surface area contributed by atoms with Crippen molar-refractivity contribution >= 4 is 11.9 Å². The highest BCUT2D eigenvalue weighted by atomic mass is 19.1.